The van der Waals surface area contributed by atoms with Crippen LogP contribution in [0.15, 0.2) is 12.4 Å². The molecule has 0 bridgehead atoms. The van der Waals surface area contributed by atoms with Crippen molar-refractivity contribution >= 4 is 5.91 Å². The van der Waals surface area contributed by atoms with Gasteiger partial charge in [0.05, 0.1) is 12.7 Å². The van der Waals surface area contributed by atoms with Gasteiger partial charge in [-0.3, -0.25) is 9.48 Å². The van der Waals surface area contributed by atoms with Crippen molar-refractivity contribution in [2.24, 2.45) is 12.8 Å². The van der Waals surface area contributed by atoms with Gasteiger partial charge in [0.1, 0.15) is 0 Å². The summed E-state index contributed by atoms with van der Waals surface area (Å²) in [4.78, 5) is 10.5. The summed E-state index contributed by atoms with van der Waals surface area (Å²) in [6.45, 7) is 2.15. The van der Waals surface area contributed by atoms with Crippen LogP contribution in [0.2, 0.25) is 0 Å². The number of carbonyl (C=O) groups is 1. The molecule has 5 nitrogen and oxygen atoms in total. The molecule has 1 heterocycles. The van der Waals surface area contributed by atoms with Crippen LogP contribution >= 0.6 is 0 Å². The highest BCUT2D eigenvalue weighted by atomic mass is 16.1. The Morgan fingerprint density at radius 3 is 3.00 bits per heavy atom. The number of carbonyl (C=O) groups excluding carboxylic acids is 1. The molecule has 0 saturated carbocycles. The van der Waals surface area contributed by atoms with Crippen LogP contribution in [0.3, 0.4) is 0 Å². The van der Waals surface area contributed by atoms with Crippen molar-refractivity contribution in [3.63, 3.8) is 0 Å². The minimum absolute atomic E-state index is 0.0983. The van der Waals surface area contributed by atoms with Crippen molar-refractivity contribution < 1.29 is 4.79 Å². The average Bonchev–Trinajstić information content (AvgIpc) is 2.47. The van der Waals surface area contributed by atoms with Crippen molar-refractivity contribution in [3.05, 3.63) is 18.0 Å². The molecule has 0 saturated heterocycles. The second-order valence-corrected chi connectivity index (χ2v) is 3.02. The van der Waals surface area contributed by atoms with Gasteiger partial charge in [0.25, 0.3) is 0 Å². The Hall–Kier alpha value is -1.36. The highest BCUT2D eigenvalue weighted by Gasteiger charge is 2.06. The van der Waals surface area contributed by atoms with E-state index in [-0.39, 0.29) is 18.5 Å². The molecule has 72 valence electrons. The molecule has 13 heavy (non-hydrogen) atoms. The summed E-state index contributed by atoms with van der Waals surface area (Å²) in [5.74, 6) is -0.351. The number of amides is 1. The number of rotatable bonds is 4. The molecule has 1 rings (SSSR count). The number of nitrogens with one attached hydrogen (secondary N) is 1. The number of nitrogens with zero attached hydrogens (tertiary/aromatic N) is 2. The Bertz CT molecular complexity index is 294. The van der Waals surface area contributed by atoms with Crippen molar-refractivity contribution in [2.75, 3.05) is 6.54 Å². The van der Waals surface area contributed by atoms with Gasteiger partial charge in [0.15, 0.2) is 0 Å². The molecule has 0 spiro atoms. The summed E-state index contributed by atoms with van der Waals surface area (Å²) in [7, 11) is 1.85. The Labute approximate surface area is 76.9 Å². The van der Waals surface area contributed by atoms with Gasteiger partial charge in [-0.15, -0.1) is 0 Å². The molecule has 0 fully saturated rings. The molecule has 0 aromatic carbocycles. The molecule has 1 unspecified atom stereocenters. The van der Waals surface area contributed by atoms with Gasteiger partial charge >= 0.3 is 0 Å². The highest BCUT2D eigenvalue weighted by molar-refractivity contribution is 5.75. The van der Waals surface area contributed by atoms with E-state index in [1.807, 2.05) is 20.2 Å². The summed E-state index contributed by atoms with van der Waals surface area (Å²) in [6, 6.07) is 0.0983. The minimum Gasteiger partial charge on any atom is -0.369 e. The lowest BCUT2D eigenvalue weighted by molar-refractivity contribution is -0.117. The number of aromatic nitrogens is 2. The number of aryl methyl sites for hydroxylation is 1. The van der Waals surface area contributed by atoms with E-state index in [4.69, 9.17) is 5.73 Å². The quantitative estimate of drug-likeness (QED) is 0.662. The Morgan fingerprint density at radius 1 is 1.85 bits per heavy atom. The van der Waals surface area contributed by atoms with Gasteiger partial charge in [-0.25, -0.2) is 0 Å². The van der Waals surface area contributed by atoms with Crippen LogP contribution in [0.4, 0.5) is 0 Å². The smallest absolute Gasteiger partial charge is 0.231 e. The van der Waals surface area contributed by atoms with Crippen molar-refractivity contribution in [3.8, 4) is 0 Å². The third-order valence-corrected chi connectivity index (χ3v) is 1.81. The zero-order chi connectivity index (χ0) is 9.84. The van der Waals surface area contributed by atoms with E-state index in [1.165, 1.54) is 0 Å². The summed E-state index contributed by atoms with van der Waals surface area (Å²) < 4.78 is 1.72. The first-order valence-corrected chi connectivity index (χ1v) is 4.10. The minimum atomic E-state index is -0.351. The number of nitrogens with two attached hydrogens (primary N) is 1. The molecule has 0 aliphatic carbocycles. The van der Waals surface area contributed by atoms with Crippen molar-refractivity contribution in [2.45, 2.75) is 13.0 Å². The molecular formula is C8H14N4O. The van der Waals surface area contributed by atoms with Gasteiger partial charge in [-0.05, 0) is 6.92 Å². The molecule has 5 heteroatoms. The number of primary amides is 1. The van der Waals surface area contributed by atoms with E-state index in [1.54, 1.807) is 10.9 Å². The maximum atomic E-state index is 10.5. The van der Waals surface area contributed by atoms with Crippen LogP contribution in [0.1, 0.15) is 18.5 Å². The van der Waals surface area contributed by atoms with E-state index in [0.29, 0.717) is 0 Å². The van der Waals surface area contributed by atoms with E-state index < -0.39 is 0 Å². The van der Waals surface area contributed by atoms with Gasteiger partial charge < -0.3 is 11.1 Å². The summed E-state index contributed by atoms with van der Waals surface area (Å²) in [6.07, 6.45) is 3.66. The molecule has 1 aromatic rings. The van der Waals surface area contributed by atoms with Gasteiger partial charge in [-0.1, -0.05) is 0 Å². The fourth-order valence-corrected chi connectivity index (χ4v) is 1.04. The molecule has 0 aliphatic heterocycles. The summed E-state index contributed by atoms with van der Waals surface area (Å²) in [5.41, 5.74) is 6.05. The fraction of sp³-hybridized carbons (Fsp3) is 0.500. The van der Waals surface area contributed by atoms with Gasteiger partial charge in [0.2, 0.25) is 5.91 Å². The zero-order valence-electron chi connectivity index (χ0n) is 7.82. The van der Waals surface area contributed by atoms with E-state index >= 15 is 0 Å². The molecular weight excluding hydrogens is 168 g/mol. The standard InChI is InChI=1S/C8H14N4O/c1-6(10-4-8(9)13)7-3-11-12(2)5-7/h3,5-6,10H,4H2,1-2H3,(H2,9,13). The normalized spacial score (nSPS) is 12.8. The third kappa shape index (κ3) is 2.87. The van der Waals surface area contributed by atoms with Crippen LogP contribution in [0.25, 0.3) is 0 Å². The molecule has 1 amide bonds. The molecule has 3 N–H and O–H groups in total. The number of hydrogen-bond acceptors (Lipinski definition) is 3. The first-order valence-electron chi connectivity index (χ1n) is 4.10. The number of hydrogen-bond donors (Lipinski definition) is 2. The Kier molecular flexibility index (Phi) is 3.02. The van der Waals surface area contributed by atoms with Crippen LogP contribution in [0.5, 0.6) is 0 Å². The average molecular weight is 182 g/mol. The van der Waals surface area contributed by atoms with Crippen LogP contribution in [0, 0.1) is 0 Å². The lowest BCUT2D eigenvalue weighted by atomic mass is 10.2. The lowest BCUT2D eigenvalue weighted by Gasteiger charge is -2.09. The second kappa shape index (κ2) is 4.04. The maximum absolute atomic E-state index is 10.5. The van der Waals surface area contributed by atoms with E-state index in [0.717, 1.165) is 5.56 Å². The second-order valence-electron chi connectivity index (χ2n) is 3.02. The first kappa shape index (κ1) is 9.73. The van der Waals surface area contributed by atoms with Gasteiger partial charge in [-0.2, -0.15) is 5.10 Å². The van der Waals surface area contributed by atoms with Crippen molar-refractivity contribution in [1.82, 2.24) is 15.1 Å². The topological polar surface area (TPSA) is 72.9 Å². The highest BCUT2D eigenvalue weighted by Crippen LogP contribution is 2.09. The Balaban J connectivity index is 2.48. The molecule has 0 aliphatic rings. The van der Waals surface area contributed by atoms with Crippen LogP contribution in [-0.4, -0.2) is 22.2 Å². The van der Waals surface area contributed by atoms with Gasteiger partial charge in [0, 0.05) is 24.8 Å². The molecule has 1 atom stereocenters. The first-order chi connectivity index (χ1) is 6.09. The van der Waals surface area contributed by atoms with E-state index in [9.17, 15) is 4.79 Å². The fourth-order valence-electron chi connectivity index (χ4n) is 1.04. The summed E-state index contributed by atoms with van der Waals surface area (Å²) in [5, 5.41) is 7.01. The Morgan fingerprint density at radius 2 is 2.54 bits per heavy atom. The van der Waals surface area contributed by atoms with Crippen molar-refractivity contribution in [1.29, 1.82) is 0 Å². The predicted octanol–water partition coefficient (Wildman–Crippen LogP) is -0.444. The van der Waals surface area contributed by atoms with E-state index in [2.05, 4.69) is 10.4 Å². The summed E-state index contributed by atoms with van der Waals surface area (Å²) >= 11 is 0. The lowest BCUT2D eigenvalue weighted by Crippen LogP contribution is -2.30. The molecule has 0 radical (unpaired) electrons. The maximum Gasteiger partial charge on any atom is 0.231 e. The monoisotopic (exact) mass is 182 g/mol. The largest absolute Gasteiger partial charge is 0.369 e. The predicted molar refractivity (Wildman–Crippen MR) is 48.8 cm³/mol. The zero-order valence-corrected chi connectivity index (χ0v) is 7.82. The van der Waals surface area contributed by atoms with Crippen LogP contribution < -0.4 is 11.1 Å². The molecule has 1 aromatic heterocycles. The van der Waals surface area contributed by atoms with Crippen LogP contribution in [-0.2, 0) is 11.8 Å². The third-order valence-electron chi connectivity index (χ3n) is 1.81. The SMILES string of the molecule is CC(NCC(N)=O)c1cnn(C)c1.